The highest BCUT2D eigenvalue weighted by Gasteiger charge is 2.31. The fraction of sp³-hybridized carbons (Fsp3) is 0.706. The molecule has 3 atom stereocenters. The Kier molecular flexibility index (Phi) is 11.9. The van der Waals surface area contributed by atoms with Gasteiger partial charge < -0.3 is 24.8 Å². The van der Waals surface area contributed by atoms with Crippen LogP contribution in [0.5, 0.6) is 0 Å². The zero-order valence-electron chi connectivity index (χ0n) is 18.4. The van der Waals surface area contributed by atoms with Crippen LogP contribution < -0.4 is 11.3 Å². The van der Waals surface area contributed by atoms with Crippen LogP contribution in [0.1, 0.15) is 27.2 Å². The van der Waals surface area contributed by atoms with Gasteiger partial charge in [0.15, 0.2) is 11.2 Å². The van der Waals surface area contributed by atoms with Crippen molar-refractivity contribution in [3.8, 4) is 0 Å². The van der Waals surface area contributed by atoms with Crippen molar-refractivity contribution in [3.05, 3.63) is 16.7 Å². The first-order valence-corrected chi connectivity index (χ1v) is 11.3. The number of nitrogens with two attached hydrogens (primary N) is 1. The van der Waals surface area contributed by atoms with Gasteiger partial charge in [-0.3, -0.25) is 23.4 Å². The third-order valence-electron chi connectivity index (χ3n) is 3.95. The van der Waals surface area contributed by atoms with E-state index in [-0.39, 0.29) is 37.1 Å². The summed E-state index contributed by atoms with van der Waals surface area (Å²) in [6.07, 6.45) is 0.287. The van der Waals surface area contributed by atoms with Crippen LogP contribution in [0, 0.1) is 0 Å². The monoisotopic (exact) mass is 465 g/mol. The summed E-state index contributed by atoms with van der Waals surface area (Å²) in [5.41, 5.74) is 5.48. The molecule has 0 aromatic carbocycles. The SMILES string of the molecule is CC.CCC(OCn1cnc2c(=O)[nH]c(N)nc21)C(COCCOC)OP(=O)(O)OC. The summed E-state index contributed by atoms with van der Waals surface area (Å²) < 4.78 is 39.3. The molecule has 2 aromatic heterocycles. The highest BCUT2D eigenvalue weighted by atomic mass is 31.2. The molecule has 2 aromatic rings. The van der Waals surface area contributed by atoms with E-state index < -0.39 is 25.6 Å². The predicted molar refractivity (Wildman–Crippen MR) is 113 cm³/mol. The molecule has 3 unspecified atom stereocenters. The Morgan fingerprint density at radius 1 is 1.29 bits per heavy atom. The molecule has 31 heavy (non-hydrogen) atoms. The van der Waals surface area contributed by atoms with Crippen molar-refractivity contribution < 1.29 is 32.7 Å². The number of aromatic nitrogens is 4. The van der Waals surface area contributed by atoms with Crippen LogP contribution in [0.2, 0.25) is 0 Å². The van der Waals surface area contributed by atoms with Gasteiger partial charge in [-0.2, -0.15) is 4.98 Å². The van der Waals surface area contributed by atoms with Gasteiger partial charge in [0.2, 0.25) is 5.95 Å². The number of fused-ring (bicyclic) bond motifs is 1. The number of nitrogens with one attached hydrogen (secondary N) is 1. The van der Waals surface area contributed by atoms with Gasteiger partial charge in [-0.15, -0.1) is 0 Å². The van der Waals surface area contributed by atoms with E-state index in [1.807, 2.05) is 20.8 Å². The Labute approximate surface area is 180 Å². The fourth-order valence-corrected chi connectivity index (χ4v) is 3.12. The molecule has 0 aliphatic rings. The number of nitrogen functional groups attached to an aromatic ring is 1. The Hall–Kier alpha value is -1.86. The summed E-state index contributed by atoms with van der Waals surface area (Å²) in [6.45, 7) is 6.37. The molecule has 2 heterocycles. The first kappa shape index (κ1) is 27.2. The number of methoxy groups -OCH3 is 1. The lowest BCUT2D eigenvalue weighted by Gasteiger charge is -2.27. The second-order valence-electron chi connectivity index (χ2n) is 5.94. The maximum Gasteiger partial charge on any atom is 0.472 e. The lowest BCUT2D eigenvalue weighted by Crippen LogP contribution is -2.35. The van der Waals surface area contributed by atoms with Gasteiger partial charge in [-0.1, -0.05) is 20.8 Å². The van der Waals surface area contributed by atoms with E-state index in [2.05, 4.69) is 19.5 Å². The number of phosphoric ester groups is 1. The molecule has 0 aliphatic heterocycles. The summed E-state index contributed by atoms with van der Waals surface area (Å²) in [7, 11) is -1.68. The molecule has 0 aliphatic carbocycles. The molecule has 2 rings (SSSR count). The number of phosphoric acid groups is 1. The molecule has 14 heteroatoms. The number of hydrogen-bond acceptors (Lipinski definition) is 10. The number of imidazole rings is 1. The number of nitrogens with zero attached hydrogens (tertiary/aromatic N) is 3. The average Bonchev–Trinajstić information content (AvgIpc) is 3.15. The Morgan fingerprint density at radius 3 is 2.61 bits per heavy atom. The van der Waals surface area contributed by atoms with Gasteiger partial charge in [-0.05, 0) is 6.42 Å². The highest BCUT2D eigenvalue weighted by molar-refractivity contribution is 7.47. The van der Waals surface area contributed by atoms with E-state index in [1.165, 1.54) is 18.0 Å². The standard InChI is InChI=1S/C15H26N5O8P.C2H6/c1-4-10(11(7-26-6-5-24-2)28-29(22,23)25-3)27-9-20-8-17-12-13(20)18-15(16)19-14(12)21;1-2/h8,10-11H,4-7,9H2,1-3H3,(H,22,23)(H3,16,18,19,21);1-2H3. The van der Waals surface area contributed by atoms with Crippen molar-refractivity contribution in [2.24, 2.45) is 0 Å². The van der Waals surface area contributed by atoms with Gasteiger partial charge in [0.05, 0.1) is 32.3 Å². The molecule has 0 amide bonds. The summed E-state index contributed by atoms with van der Waals surface area (Å²) >= 11 is 0. The van der Waals surface area contributed by atoms with Crippen molar-refractivity contribution in [2.75, 3.05) is 39.8 Å². The topological polar surface area (TPSA) is 173 Å². The lowest BCUT2D eigenvalue weighted by molar-refractivity contribution is -0.0924. The predicted octanol–water partition coefficient (Wildman–Crippen LogP) is 1.28. The highest BCUT2D eigenvalue weighted by Crippen LogP contribution is 2.44. The molecule has 0 bridgehead atoms. The number of rotatable bonds is 13. The quantitative estimate of drug-likeness (QED) is 0.287. The van der Waals surface area contributed by atoms with Gasteiger partial charge in [-0.25, -0.2) is 9.55 Å². The molecule has 0 fully saturated rings. The molecule has 0 radical (unpaired) electrons. The summed E-state index contributed by atoms with van der Waals surface area (Å²) in [4.78, 5) is 32.0. The van der Waals surface area contributed by atoms with E-state index in [9.17, 15) is 14.3 Å². The summed E-state index contributed by atoms with van der Waals surface area (Å²) in [6, 6.07) is 0. The summed E-state index contributed by atoms with van der Waals surface area (Å²) in [5, 5.41) is 0. The van der Waals surface area contributed by atoms with Crippen LogP contribution in [0.15, 0.2) is 11.1 Å². The third-order valence-corrected chi connectivity index (χ3v) is 4.95. The zero-order chi connectivity index (χ0) is 23.4. The van der Waals surface area contributed by atoms with Crippen molar-refractivity contribution in [1.82, 2.24) is 19.5 Å². The zero-order valence-corrected chi connectivity index (χ0v) is 19.3. The molecule has 0 saturated heterocycles. The minimum Gasteiger partial charge on any atom is -0.382 e. The molecule has 0 saturated carbocycles. The average molecular weight is 465 g/mol. The van der Waals surface area contributed by atoms with Crippen molar-refractivity contribution in [1.29, 1.82) is 0 Å². The molecule has 13 nitrogen and oxygen atoms in total. The van der Waals surface area contributed by atoms with Gasteiger partial charge in [0.1, 0.15) is 12.8 Å². The van der Waals surface area contributed by atoms with Crippen LogP contribution in [-0.4, -0.2) is 70.7 Å². The van der Waals surface area contributed by atoms with Gasteiger partial charge in [0.25, 0.3) is 5.56 Å². The molecule has 178 valence electrons. The molecular formula is C17H32N5O8P. The van der Waals surface area contributed by atoms with Crippen molar-refractivity contribution >= 4 is 24.9 Å². The van der Waals surface area contributed by atoms with E-state index in [0.29, 0.717) is 13.0 Å². The number of aromatic amines is 1. The van der Waals surface area contributed by atoms with E-state index >= 15 is 0 Å². The third kappa shape index (κ3) is 8.30. The van der Waals surface area contributed by atoms with E-state index in [0.717, 1.165) is 7.11 Å². The molecule has 4 N–H and O–H groups in total. The van der Waals surface area contributed by atoms with Crippen LogP contribution in [0.25, 0.3) is 11.2 Å². The Bertz CT molecular complexity index is 889. The Morgan fingerprint density at radius 2 is 2.00 bits per heavy atom. The number of H-pyrrole nitrogens is 1. The summed E-state index contributed by atoms with van der Waals surface area (Å²) in [5.74, 6) is -0.0506. The minimum absolute atomic E-state index is 0.0225. The van der Waals surface area contributed by atoms with Crippen LogP contribution in [-0.2, 0) is 34.6 Å². The normalized spacial score (nSPS) is 15.2. The van der Waals surface area contributed by atoms with Crippen molar-refractivity contribution in [2.45, 2.75) is 46.1 Å². The maximum atomic E-state index is 11.9. The maximum absolute atomic E-state index is 11.9. The molecule has 0 spiro atoms. The number of ether oxygens (including phenoxy) is 3. The minimum atomic E-state index is -4.27. The second-order valence-corrected chi connectivity index (χ2v) is 7.46. The number of hydrogen-bond donors (Lipinski definition) is 3. The fourth-order valence-electron chi connectivity index (χ4n) is 2.49. The largest absolute Gasteiger partial charge is 0.472 e. The second kappa shape index (κ2) is 13.5. The van der Waals surface area contributed by atoms with Crippen LogP contribution in [0.4, 0.5) is 5.95 Å². The smallest absolute Gasteiger partial charge is 0.382 e. The van der Waals surface area contributed by atoms with Crippen molar-refractivity contribution in [3.63, 3.8) is 0 Å². The van der Waals surface area contributed by atoms with E-state index in [4.69, 9.17) is 24.5 Å². The molecular weight excluding hydrogens is 433 g/mol. The number of anilines is 1. The van der Waals surface area contributed by atoms with Crippen LogP contribution in [0.3, 0.4) is 0 Å². The first-order valence-electron chi connectivity index (χ1n) is 9.77. The van der Waals surface area contributed by atoms with Gasteiger partial charge in [0, 0.05) is 14.2 Å². The lowest BCUT2D eigenvalue weighted by atomic mass is 10.1. The van der Waals surface area contributed by atoms with E-state index in [1.54, 1.807) is 0 Å². The first-order chi connectivity index (χ1) is 14.8. The Balaban J connectivity index is 0.00000233. The van der Waals surface area contributed by atoms with Gasteiger partial charge >= 0.3 is 7.82 Å². The van der Waals surface area contributed by atoms with Crippen LogP contribution >= 0.6 is 7.82 Å².